The van der Waals surface area contributed by atoms with E-state index in [9.17, 15) is 0 Å². The second kappa shape index (κ2) is 9.73. The number of rotatable bonds is 9. The molecule has 0 saturated carbocycles. The van der Waals surface area contributed by atoms with Gasteiger partial charge in [-0.3, -0.25) is 0 Å². The first-order valence-electron chi connectivity index (χ1n) is 7.20. The molecule has 4 heteroatoms. The van der Waals surface area contributed by atoms with Gasteiger partial charge in [0.05, 0.1) is 6.61 Å². The van der Waals surface area contributed by atoms with Crippen LogP contribution in [0.2, 0.25) is 0 Å². The molecule has 2 unspecified atom stereocenters. The minimum atomic E-state index is 0.645. The lowest BCUT2D eigenvalue weighted by Crippen LogP contribution is -2.44. The molecule has 1 aliphatic rings. The van der Waals surface area contributed by atoms with Crippen molar-refractivity contribution in [3.8, 4) is 0 Å². The monoisotopic (exact) mass is 258 g/mol. The molecule has 1 rings (SSSR count). The van der Waals surface area contributed by atoms with E-state index < -0.39 is 0 Å². The third-order valence-corrected chi connectivity index (χ3v) is 3.83. The van der Waals surface area contributed by atoms with Crippen LogP contribution in [0.3, 0.4) is 0 Å². The molecular weight excluding hydrogens is 228 g/mol. The minimum absolute atomic E-state index is 0.645. The van der Waals surface area contributed by atoms with E-state index in [1.54, 1.807) is 14.2 Å². The van der Waals surface area contributed by atoms with Gasteiger partial charge in [-0.2, -0.15) is 0 Å². The van der Waals surface area contributed by atoms with E-state index in [2.05, 4.69) is 17.1 Å². The Morgan fingerprint density at radius 3 is 2.78 bits per heavy atom. The van der Waals surface area contributed by atoms with Crippen LogP contribution < -0.4 is 5.32 Å². The van der Waals surface area contributed by atoms with Gasteiger partial charge in [0.2, 0.25) is 0 Å². The van der Waals surface area contributed by atoms with Crippen LogP contribution in [-0.4, -0.2) is 64.6 Å². The summed E-state index contributed by atoms with van der Waals surface area (Å²) in [4.78, 5) is 2.62. The molecule has 0 aromatic carbocycles. The van der Waals surface area contributed by atoms with Gasteiger partial charge < -0.3 is 19.7 Å². The van der Waals surface area contributed by atoms with E-state index >= 15 is 0 Å². The average molecular weight is 258 g/mol. The van der Waals surface area contributed by atoms with Gasteiger partial charge in [-0.15, -0.1) is 0 Å². The average Bonchev–Trinajstić information content (AvgIpc) is 2.41. The zero-order valence-electron chi connectivity index (χ0n) is 12.3. The smallest absolute Gasteiger partial charge is 0.0587 e. The molecule has 0 aliphatic carbocycles. The fourth-order valence-electron chi connectivity index (χ4n) is 2.62. The number of piperidine rings is 1. The Morgan fingerprint density at radius 1 is 1.28 bits per heavy atom. The number of likely N-dealkylation sites (tertiary alicyclic amines) is 1. The van der Waals surface area contributed by atoms with Crippen molar-refractivity contribution >= 4 is 0 Å². The highest BCUT2D eigenvalue weighted by Crippen LogP contribution is 2.19. The minimum Gasteiger partial charge on any atom is -0.385 e. The SMILES string of the molecule is COCCNCC1CCCN(C(C)CCOC)C1. The van der Waals surface area contributed by atoms with Crippen molar-refractivity contribution in [3.63, 3.8) is 0 Å². The fourth-order valence-corrected chi connectivity index (χ4v) is 2.62. The molecular formula is C14H30N2O2. The lowest BCUT2D eigenvalue weighted by molar-refractivity contribution is 0.0985. The number of hydrogen-bond acceptors (Lipinski definition) is 4. The summed E-state index contributed by atoms with van der Waals surface area (Å²) in [5, 5.41) is 3.48. The van der Waals surface area contributed by atoms with Crippen LogP contribution >= 0.6 is 0 Å². The molecule has 1 heterocycles. The van der Waals surface area contributed by atoms with Crippen molar-refractivity contribution < 1.29 is 9.47 Å². The van der Waals surface area contributed by atoms with Crippen LogP contribution in [0.1, 0.15) is 26.2 Å². The van der Waals surface area contributed by atoms with E-state index in [1.165, 1.54) is 25.9 Å². The van der Waals surface area contributed by atoms with Crippen LogP contribution in [0.25, 0.3) is 0 Å². The highest BCUT2D eigenvalue weighted by atomic mass is 16.5. The third kappa shape index (κ3) is 6.14. The van der Waals surface area contributed by atoms with Crippen LogP contribution in [0.4, 0.5) is 0 Å². The van der Waals surface area contributed by atoms with Gasteiger partial charge in [0.1, 0.15) is 0 Å². The predicted molar refractivity (Wildman–Crippen MR) is 75.0 cm³/mol. The zero-order chi connectivity index (χ0) is 13.2. The maximum absolute atomic E-state index is 5.17. The quantitative estimate of drug-likeness (QED) is 0.633. The molecule has 0 aromatic heterocycles. The second-order valence-electron chi connectivity index (χ2n) is 5.33. The maximum Gasteiger partial charge on any atom is 0.0587 e. The van der Waals surface area contributed by atoms with Gasteiger partial charge in [0, 0.05) is 40.0 Å². The van der Waals surface area contributed by atoms with E-state index in [0.717, 1.165) is 38.6 Å². The normalized spacial score (nSPS) is 23.2. The first-order valence-corrected chi connectivity index (χ1v) is 7.20. The Hall–Kier alpha value is -0.160. The van der Waals surface area contributed by atoms with Crippen molar-refractivity contribution in [2.24, 2.45) is 5.92 Å². The van der Waals surface area contributed by atoms with Gasteiger partial charge in [0.15, 0.2) is 0 Å². The second-order valence-corrected chi connectivity index (χ2v) is 5.33. The Labute approximate surface area is 112 Å². The molecule has 18 heavy (non-hydrogen) atoms. The largest absolute Gasteiger partial charge is 0.385 e. The molecule has 4 nitrogen and oxygen atoms in total. The van der Waals surface area contributed by atoms with Gasteiger partial charge >= 0.3 is 0 Å². The summed E-state index contributed by atoms with van der Waals surface area (Å²) < 4.78 is 10.2. The summed E-state index contributed by atoms with van der Waals surface area (Å²) in [6.07, 6.45) is 3.82. The van der Waals surface area contributed by atoms with Gasteiger partial charge in [0.25, 0.3) is 0 Å². The number of ether oxygens (including phenoxy) is 2. The number of nitrogens with zero attached hydrogens (tertiary/aromatic N) is 1. The molecule has 0 radical (unpaired) electrons. The molecule has 0 aromatic rings. The number of hydrogen-bond donors (Lipinski definition) is 1. The maximum atomic E-state index is 5.17. The Kier molecular flexibility index (Phi) is 8.59. The van der Waals surface area contributed by atoms with Crippen LogP contribution in [0.5, 0.6) is 0 Å². The summed E-state index contributed by atoms with van der Waals surface area (Å²) in [5.74, 6) is 0.792. The molecule has 1 aliphatic heterocycles. The van der Waals surface area contributed by atoms with Crippen LogP contribution in [0.15, 0.2) is 0 Å². The van der Waals surface area contributed by atoms with E-state index in [1.807, 2.05) is 0 Å². The Morgan fingerprint density at radius 2 is 2.06 bits per heavy atom. The van der Waals surface area contributed by atoms with Gasteiger partial charge in [-0.05, 0) is 45.2 Å². The highest BCUT2D eigenvalue weighted by molar-refractivity contribution is 4.78. The molecule has 0 bridgehead atoms. The standard InChI is InChI=1S/C14H30N2O2/c1-13(6-9-17-2)16-8-4-5-14(12-16)11-15-7-10-18-3/h13-15H,4-12H2,1-3H3. The molecule has 1 N–H and O–H groups in total. The molecule has 2 atom stereocenters. The van der Waals surface area contributed by atoms with Crippen molar-refractivity contribution in [2.75, 3.05) is 53.6 Å². The summed E-state index contributed by atoms with van der Waals surface area (Å²) in [6, 6.07) is 0.645. The summed E-state index contributed by atoms with van der Waals surface area (Å²) >= 11 is 0. The van der Waals surface area contributed by atoms with E-state index in [-0.39, 0.29) is 0 Å². The van der Waals surface area contributed by atoms with Gasteiger partial charge in [-0.25, -0.2) is 0 Å². The molecule has 0 spiro atoms. The first kappa shape index (κ1) is 15.9. The molecule has 0 amide bonds. The summed E-state index contributed by atoms with van der Waals surface area (Å²) in [6.45, 7) is 8.56. The van der Waals surface area contributed by atoms with Crippen molar-refractivity contribution in [2.45, 2.75) is 32.2 Å². The lowest BCUT2D eigenvalue weighted by atomic mass is 9.96. The summed E-state index contributed by atoms with van der Waals surface area (Å²) in [7, 11) is 3.53. The van der Waals surface area contributed by atoms with Crippen molar-refractivity contribution in [1.29, 1.82) is 0 Å². The molecule has 108 valence electrons. The first-order chi connectivity index (χ1) is 8.77. The predicted octanol–water partition coefficient (Wildman–Crippen LogP) is 1.36. The Bertz CT molecular complexity index is 202. The van der Waals surface area contributed by atoms with Crippen molar-refractivity contribution in [1.82, 2.24) is 10.2 Å². The molecule has 1 fully saturated rings. The molecule has 1 saturated heterocycles. The van der Waals surface area contributed by atoms with Gasteiger partial charge in [-0.1, -0.05) is 0 Å². The van der Waals surface area contributed by atoms with Crippen molar-refractivity contribution in [3.05, 3.63) is 0 Å². The summed E-state index contributed by atoms with van der Waals surface area (Å²) in [5.41, 5.74) is 0. The topological polar surface area (TPSA) is 33.7 Å². The number of nitrogens with one attached hydrogen (secondary N) is 1. The lowest BCUT2D eigenvalue weighted by Gasteiger charge is -2.37. The fraction of sp³-hybridized carbons (Fsp3) is 1.00. The third-order valence-electron chi connectivity index (χ3n) is 3.83. The zero-order valence-corrected chi connectivity index (χ0v) is 12.3. The highest BCUT2D eigenvalue weighted by Gasteiger charge is 2.22. The van der Waals surface area contributed by atoms with E-state index in [4.69, 9.17) is 9.47 Å². The van der Waals surface area contributed by atoms with Crippen LogP contribution in [-0.2, 0) is 9.47 Å². The van der Waals surface area contributed by atoms with E-state index in [0.29, 0.717) is 6.04 Å². The number of methoxy groups -OCH3 is 2. The van der Waals surface area contributed by atoms with Crippen LogP contribution in [0, 0.1) is 5.92 Å². The Balaban J connectivity index is 2.18.